The van der Waals surface area contributed by atoms with Crippen molar-refractivity contribution >= 4 is 26.9 Å². The number of carbonyl (C=O) groups excluding carboxylic acids is 1. The maximum atomic E-state index is 13.8. The van der Waals surface area contributed by atoms with E-state index in [2.05, 4.69) is 0 Å². The fourth-order valence-corrected chi connectivity index (χ4v) is 5.35. The molecule has 0 spiro atoms. The Morgan fingerprint density at radius 2 is 1.61 bits per heavy atom. The molecule has 4 rings (SSSR count). The molecule has 10 heteroatoms. The summed E-state index contributed by atoms with van der Waals surface area (Å²) in [5.41, 5.74) is -1.92. The summed E-state index contributed by atoms with van der Waals surface area (Å²) in [7, 11) is -4.79. The van der Waals surface area contributed by atoms with E-state index in [0.29, 0.717) is 12.8 Å². The number of esters is 1. The van der Waals surface area contributed by atoms with Gasteiger partial charge in [-0.2, -0.15) is 13.2 Å². The van der Waals surface area contributed by atoms with Gasteiger partial charge >= 0.3 is 12.1 Å². The highest BCUT2D eigenvalue weighted by Gasteiger charge is 2.42. The normalized spacial score (nSPS) is 15.9. The number of benzene rings is 3. The van der Waals surface area contributed by atoms with Gasteiger partial charge in [-0.15, -0.1) is 0 Å². The van der Waals surface area contributed by atoms with Gasteiger partial charge in [0.25, 0.3) is 0 Å². The Bertz CT molecular complexity index is 1410. The molecule has 0 saturated heterocycles. The summed E-state index contributed by atoms with van der Waals surface area (Å²) in [5.74, 6) is -1.48. The van der Waals surface area contributed by atoms with E-state index >= 15 is 0 Å². The number of alkyl halides is 3. The SMILES string of the molecule is CC(C)C1(Oc2cc(C(=O)Oc3ccc(S(=O)(=O)[O-])c4ccccc34)ccc2C(F)(F)F)CCCC1. The largest absolute Gasteiger partial charge is 0.744 e. The topological polar surface area (TPSA) is 92.7 Å². The Hall–Kier alpha value is -3.11. The second-order valence-electron chi connectivity index (χ2n) is 9.19. The van der Waals surface area contributed by atoms with Crippen LogP contribution in [0.25, 0.3) is 10.8 Å². The molecule has 3 aromatic carbocycles. The van der Waals surface area contributed by atoms with E-state index < -0.39 is 44.1 Å². The third kappa shape index (κ3) is 5.05. The Balaban J connectivity index is 1.72. The predicted molar refractivity (Wildman–Crippen MR) is 125 cm³/mol. The van der Waals surface area contributed by atoms with Crippen molar-refractivity contribution in [3.63, 3.8) is 0 Å². The quantitative estimate of drug-likeness (QED) is 0.214. The molecule has 1 fully saturated rings. The van der Waals surface area contributed by atoms with Crippen LogP contribution in [0.2, 0.25) is 0 Å². The lowest BCUT2D eigenvalue weighted by molar-refractivity contribution is -0.140. The molecule has 0 radical (unpaired) electrons. The molecular formula is C26H24F3O6S-. The number of ether oxygens (including phenoxy) is 2. The third-order valence-electron chi connectivity index (χ3n) is 6.65. The zero-order valence-corrected chi connectivity index (χ0v) is 20.4. The molecule has 0 unspecified atom stereocenters. The Morgan fingerprint density at radius 3 is 2.19 bits per heavy atom. The highest BCUT2D eigenvalue weighted by atomic mass is 32.2. The third-order valence-corrected chi connectivity index (χ3v) is 7.55. The average molecular weight is 522 g/mol. The summed E-state index contributed by atoms with van der Waals surface area (Å²) in [6.07, 6.45) is -1.80. The lowest BCUT2D eigenvalue weighted by Gasteiger charge is -2.35. The molecule has 1 saturated carbocycles. The van der Waals surface area contributed by atoms with E-state index in [0.717, 1.165) is 37.1 Å². The minimum absolute atomic E-state index is 0.0418. The maximum Gasteiger partial charge on any atom is 0.419 e. The second kappa shape index (κ2) is 9.40. The predicted octanol–water partition coefficient (Wildman–Crippen LogP) is 6.33. The smallest absolute Gasteiger partial charge is 0.419 e. The van der Waals surface area contributed by atoms with Crippen molar-refractivity contribution in [1.82, 2.24) is 0 Å². The monoisotopic (exact) mass is 521 g/mol. The number of halogens is 3. The van der Waals surface area contributed by atoms with E-state index in [9.17, 15) is 30.9 Å². The van der Waals surface area contributed by atoms with E-state index in [4.69, 9.17) is 9.47 Å². The summed E-state index contributed by atoms with van der Waals surface area (Å²) in [5, 5.41) is 0.255. The molecule has 0 atom stereocenters. The molecule has 0 bridgehead atoms. The van der Waals surface area contributed by atoms with Crippen molar-refractivity contribution in [2.75, 3.05) is 0 Å². The molecule has 36 heavy (non-hydrogen) atoms. The zero-order chi connectivity index (χ0) is 26.3. The van der Waals surface area contributed by atoms with E-state index in [1.54, 1.807) is 6.07 Å². The van der Waals surface area contributed by atoms with Crippen molar-refractivity contribution in [2.45, 2.75) is 56.2 Å². The Kier molecular flexibility index (Phi) is 6.78. The van der Waals surface area contributed by atoms with E-state index in [1.807, 2.05) is 13.8 Å². The van der Waals surface area contributed by atoms with Crippen LogP contribution in [-0.2, 0) is 16.3 Å². The van der Waals surface area contributed by atoms with Crippen LogP contribution in [0.3, 0.4) is 0 Å². The highest BCUT2D eigenvalue weighted by molar-refractivity contribution is 7.86. The first-order valence-electron chi connectivity index (χ1n) is 11.4. The van der Waals surface area contributed by atoms with Gasteiger partial charge in [0.15, 0.2) is 0 Å². The summed E-state index contributed by atoms with van der Waals surface area (Å²) >= 11 is 0. The van der Waals surface area contributed by atoms with Crippen LogP contribution in [0.4, 0.5) is 13.2 Å². The second-order valence-corrected chi connectivity index (χ2v) is 10.5. The first-order chi connectivity index (χ1) is 16.8. The first kappa shape index (κ1) is 26.0. The van der Waals surface area contributed by atoms with Crippen LogP contribution in [0.15, 0.2) is 59.5 Å². The molecule has 1 aliphatic carbocycles. The Morgan fingerprint density at radius 1 is 0.972 bits per heavy atom. The van der Waals surface area contributed by atoms with Gasteiger partial charge in [-0.3, -0.25) is 0 Å². The van der Waals surface area contributed by atoms with Crippen molar-refractivity contribution in [1.29, 1.82) is 0 Å². The van der Waals surface area contributed by atoms with Gasteiger partial charge in [-0.1, -0.05) is 38.1 Å². The van der Waals surface area contributed by atoms with Crippen LogP contribution in [0.5, 0.6) is 11.5 Å². The van der Waals surface area contributed by atoms with Gasteiger partial charge in [0.1, 0.15) is 27.2 Å². The minimum Gasteiger partial charge on any atom is -0.744 e. The molecule has 3 aromatic rings. The molecule has 0 heterocycles. The van der Waals surface area contributed by atoms with Crippen molar-refractivity contribution in [2.24, 2.45) is 5.92 Å². The zero-order valence-electron chi connectivity index (χ0n) is 19.6. The van der Waals surface area contributed by atoms with Gasteiger partial charge in [0, 0.05) is 10.8 Å². The van der Waals surface area contributed by atoms with Crippen molar-refractivity contribution in [3.8, 4) is 11.5 Å². The molecule has 0 aliphatic heterocycles. The lowest BCUT2D eigenvalue weighted by atomic mass is 9.88. The fraction of sp³-hybridized carbons (Fsp3) is 0.346. The average Bonchev–Trinajstić information content (AvgIpc) is 3.27. The number of hydrogen-bond donors (Lipinski definition) is 0. The van der Waals surface area contributed by atoms with Gasteiger partial charge in [0.2, 0.25) is 0 Å². The van der Waals surface area contributed by atoms with Crippen LogP contribution < -0.4 is 9.47 Å². The van der Waals surface area contributed by atoms with Crippen LogP contribution in [-0.4, -0.2) is 24.5 Å². The molecule has 0 N–H and O–H groups in total. The number of carbonyl (C=O) groups is 1. The molecule has 6 nitrogen and oxygen atoms in total. The number of hydrogen-bond acceptors (Lipinski definition) is 6. The lowest BCUT2D eigenvalue weighted by Crippen LogP contribution is -2.39. The summed E-state index contributed by atoms with van der Waals surface area (Å²) in [4.78, 5) is 12.5. The van der Waals surface area contributed by atoms with Gasteiger partial charge < -0.3 is 14.0 Å². The standard InChI is InChI=1S/C26H25F3O6S/c1-16(2)25(13-5-6-14-25)35-22-15-17(9-10-20(22)26(27,28)29)24(30)34-21-11-12-23(36(31,32)33)19-8-4-3-7-18(19)21/h3-4,7-12,15-16H,5-6,13-14H2,1-2H3,(H,31,32,33)/p-1. The Labute approximate surface area is 206 Å². The highest BCUT2D eigenvalue weighted by Crippen LogP contribution is 2.44. The molecule has 1 aliphatic rings. The van der Waals surface area contributed by atoms with E-state index in [-0.39, 0.29) is 28.0 Å². The van der Waals surface area contributed by atoms with Crippen LogP contribution in [0.1, 0.15) is 55.5 Å². The fourth-order valence-electron chi connectivity index (χ4n) is 4.67. The summed E-state index contributed by atoms with van der Waals surface area (Å²) in [6.45, 7) is 3.79. The van der Waals surface area contributed by atoms with Crippen molar-refractivity contribution < 1.29 is 40.4 Å². The van der Waals surface area contributed by atoms with Crippen LogP contribution >= 0.6 is 0 Å². The van der Waals surface area contributed by atoms with Gasteiger partial charge in [-0.25, -0.2) is 13.2 Å². The first-order valence-corrected chi connectivity index (χ1v) is 12.8. The summed E-state index contributed by atoms with van der Waals surface area (Å²) < 4.78 is 87.5. The van der Waals surface area contributed by atoms with Gasteiger partial charge in [-0.05, 0) is 61.9 Å². The van der Waals surface area contributed by atoms with E-state index in [1.165, 1.54) is 24.3 Å². The summed E-state index contributed by atoms with van der Waals surface area (Å²) in [6, 6.07) is 11.0. The van der Waals surface area contributed by atoms with Crippen LogP contribution in [0, 0.1) is 5.92 Å². The number of rotatable bonds is 6. The molecular weight excluding hydrogens is 497 g/mol. The molecule has 0 aromatic heterocycles. The molecule has 0 amide bonds. The number of fused-ring (bicyclic) bond motifs is 1. The minimum atomic E-state index is -4.79. The van der Waals surface area contributed by atoms with Gasteiger partial charge in [0.05, 0.1) is 16.0 Å². The molecule has 192 valence electrons. The van der Waals surface area contributed by atoms with Crippen molar-refractivity contribution in [3.05, 3.63) is 65.7 Å². The maximum absolute atomic E-state index is 13.8.